The van der Waals surface area contributed by atoms with Gasteiger partial charge in [-0.25, -0.2) is 4.79 Å². The highest BCUT2D eigenvalue weighted by molar-refractivity contribution is 5.70. The van der Waals surface area contributed by atoms with Crippen molar-refractivity contribution in [3.63, 3.8) is 0 Å². The number of nitro groups is 1. The van der Waals surface area contributed by atoms with Gasteiger partial charge in [0.05, 0.1) is 4.92 Å². The summed E-state index contributed by atoms with van der Waals surface area (Å²) in [6, 6.07) is 5.62. The largest absolute Gasteiger partial charge is 0.459 e. The van der Waals surface area contributed by atoms with E-state index in [0.29, 0.717) is 5.56 Å². The molecule has 0 bridgehead atoms. The fourth-order valence-electron chi connectivity index (χ4n) is 0.923. The second kappa shape index (κ2) is 6.49. The molecule has 0 heterocycles. The van der Waals surface area contributed by atoms with Crippen LogP contribution in [0.15, 0.2) is 24.3 Å². The Morgan fingerprint density at radius 3 is 2.38 bits per heavy atom. The number of carbonyl (C=O) groups excluding carboxylic acids is 1. The van der Waals surface area contributed by atoms with Gasteiger partial charge in [-0.15, -0.1) is 0 Å². The minimum atomic E-state index is -0.728. The summed E-state index contributed by atoms with van der Waals surface area (Å²) >= 11 is 0. The fraction of sp³-hybridized carbons (Fsp3) is 0.222. The van der Waals surface area contributed by atoms with Gasteiger partial charge >= 0.3 is 5.97 Å². The number of ether oxygens (including phenoxy) is 1. The highest BCUT2D eigenvalue weighted by Crippen LogP contribution is 2.12. The predicted molar refractivity (Wildman–Crippen MR) is 53.6 cm³/mol. The molecule has 0 aliphatic rings. The number of hydrogen-bond acceptors (Lipinski definition) is 5. The van der Waals surface area contributed by atoms with E-state index >= 15 is 0 Å². The van der Waals surface area contributed by atoms with Gasteiger partial charge in [0.2, 0.25) is 0 Å². The third-order valence-electron chi connectivity index (χ3n) is 1.68. The van der Waals surface area contributed by atoms with Gasteiger partial charge in [0.15, 0.2) is 0 Å². The van der Waals surface area contributed by atoms with Crippen molar-refractivity contribution in [1.29, 1.82) is 0 Å². The normalized spacial score (nSPS) is 9.06. The summed E-state index contributed by atoms with van der Waals surface area (Å²) < 4.78 is 4.62. The maximum atomic E-state index is 10.6. The zero-order valence-electron chi connectivity index (χ0n) is 8.25. The maximum absolute atomic E-state index is 10.6. The summed E-state index contributed by atoms with van der Waals surface area (Å²) in [6.07, 6.45) is 0. The average molecular weight is 229 g/mol. The highest BCUT2D eigenvalue weighted by atomic mass is 16.6. The summed E-state index contributed by atoms with van der Waals surface area (Å²) in [5.41, 5.74) is 0.606. The summed E-state index contributed by atoms with van der Waals surface area (Å²) in [7, 11) is 0. The van der Waals surface area contributed by atoms with Crippen molar-refractivity contribution in [3.05, 3.63) is 39.9 Å². The Labute approximate surface area is 90.7 Å². The van der Waals surface area contributed by atoms with Gasteiger partial charge < -0.3 is 15.3 Å². The highest BCUT2D eigenvalue weighted by Gasteiger charge is 2.05. The van der Waals surface area contributed by atoms with Crippen molar-refractivity contribution in [3.8, 4) is 0 Å². The number of esters is 1. The lowest BCUT2D eigenvalue weighted by Crippen LogP contribution is -2.08. The molecule has 7 nitrogen and oxygen atoms in total. The molecule has 7 heteroatoms. The Balaban J connectivity index is 0.00000225. The van der Waals surface area contributed by atoms with Crippen molar-refractivity contribution in [2.75, 3.05) is 6.61 Å². The van der Waals surface area contributed by atoms with Gasteiger partial charge in [0.25, 0.3) is 5.69 Å². The van der Waals surface area contributed by atoms with Crippen LogP contribution in [-0.2, 0) is 16.1 Å². The Kier molecular flexibility index (Phi) is 5.68. The first-order valence-corrected chi connectivity index (χ1v) is 4.13. The third kappa shape index (κ3) is 4.03. The van der Waals surface area contributed by atoms with Crippen LogP contribution in [0.4, 0.5) is 5.69 Å². The number of nitrogens with zero attached hydrogens (tertiary/aromatic N) is 1. The van der Waals surface area contributed by atoms with Gasteiger partial charge in [-0.2, -0.15) is 0 Å². The van der Waals surface area contributed by atoms with E-state index in [0.717, 1.165) is 0 Å². The van der Waals surface area contributed by atoms with Crippen LogP contribution in [0.5, 0.6) is 0 Å². The zero-order valence-corrected chi connectivity index (χ0v) is 8.25. The fourth-order valence-corrected chi connectivity index (χ4v) is 0.923. The zero-order chi connectivity index (χ0) is 11.3. The quantitative estimate of drug-likeness (QED) is 0.435. The molecular weight excluding hydrogens is 218 g/mol. The summed E-state index contributed by atoms with van der Waals surface area (Å²) in [4.78, 5) is 20.4. The standard InChI is InChI=1S/C9H9NO5.H2O/c11-5-9(12)15-6-7-1-3-8(4-2-7)10(13)14;/h1-4,11H,5-6H2;1H2. The molecule has 1 rings (SSSR count). The molecule has 1 aromatic carbocycles. The van der Waals surface area contributed by atoms with Crippen molar-refractivity contribution < 1.29 is 25.0 Å². The number of aliphatic hydroxyl groups excluding tert-OH is 1. The van der Waals surface area contributed by atoms with Crippen molar-refractivity contribution >= 4 is 11.7 Å². The van der Waals surface area contributed by atoms with Gasteiger partial charge in [-0.3, -0.25) is 10.1 Å². The van der Waals surface area contributed by atoms with Crippen LogP contribution < -0.4 is 0 Å². The van der Waals surface area contributed by atoms with E-state index in [9.17, 15) is 14.9 Å². The van der Waals surface area contributed by atoms with Crippen molar-refractivity contribution in [2.24, 2.45) is 0 Å². The van der Waals surface area contributed by atoms with E-state index in [1.807, 2.05) is 0 Å². The van der Waals surface area contributed by atoms with E-state index in [1.54, 1.807) is 0 Å². The predicted octanol–water partition coefficient (Wildman–Crippen LogP) is -0.194. The molecule has 0 fully saturated rings. The van der Waals surface area contributed by atoms with Crippen LogP contribution >= 0.6 is 0 Å². The number of rotatable bonds is 4. The molecule has 0 unspecified atom stereocenters. The van der Waals surface area contributed by atoms with Gasteiger partial charge in [0, 0.05) is 12.1 Å². The molecule has 0 aliphatic carbocycles. The molecule has 0 aromatic heterocycles. The first-order chi connectivity index (χ1) is 7.13. The summed E-state index contributed by atoms with van der Waals surface area (Å²) in [6.45, 7) is -0.676. The molecule has 1 aromatic rings. The minimum absolute atomic E-state index is 0. The van der Waals surface area contributed by atoms with Gasteiger partial charge in [0.1, 0.15) is 13.2 Å². The van der Waals surface area contributed by atoms with Gasteiger partial charge in [-0.05, 0) is 17.7 Å². The van der Waals surface area contributed by atoms with Crippen LogP contribution in [0.2, 0.25) is 0 Å². The van der Waals surface area contributed by atoms with Crippen molar-refractivity contribution in [1.82, 2.24) is 0 Å². The van der Waals surface area contributed by atoms with Crippen LogP contribution in [0.3, 0.4) is 0 Å². The molecule has 0 saturated heterocycles. The molecule has 0 atom stereocenters. The minimum Gasteiger partial charge on any atom is -0.459 e. The van der Waals surface area contributed by atoms with E-state index < -0.39 is 17.5 Å². The molecular formula is C9H11NO6. The molecule has 0 aliphatic heterocycles. The van der Waals surface area contributed by atoms with Crippen LogP contribution in [0.25, 0.3) is 0 Å². The van der Waals surface area contributed by atoms with Gasteiger partial charge in [-0.1, -0.05) is 0 Å². The molecule has 3 N–H and O–H groups in total. The van der Waals surface area contributed by atoms with E-state index in [4.69, 9.17) is 5.11 Å². The lowest BCUT2D eigenvalue weighted by molar-refractivity contribution is -0.384. The van der Waals surface area contributed by atoms with Crippen LogP contribution in [-0.4, -0.2) is 28.1 Å². The molecule has 88 valence electrons. The molecule has 0 saturated carbocycles. The third-order valence-corrected chi connectivity index (χ3v) is 1.68. The maximum Gasteiger partial charge on any atom is 0.332 e. The Bertz CT molecular complexity index is 361. The summed E-state index contributed by atoms with van der Waals surface area (Å²) in [5, 5.41) is 18.7. The molecule has 0 amide bonds. The molecule has 0 spiro atoms. The van der Waals surface area contributed by atoms with E-state index in [1.165, 1.54) is 24.3 Å². The number of benzene rings is 1. The second-order valence-electron chi connectivity index (χ2n) is 2.74. The second-order valence-corrected chi connectivity index (χ2v) is 2.74. The lowest BCUT2D eigenvalue weighted by atomic mass is 10.2. The Morgan fingerprint density at radius 1 is 1.38 bits per heavy atom. The number of non-ortho nitro benzene ring substituents is 1. The SMILES string of the molecule is O.O=C(CO)OCc1ccc([N+](=O)[O-])cc1. The Morgan fingerprint density at radius 2 is 1.94 bits per heavy atom. The van der Waals surface area contributed by atoms with E-state index in [-0.39, 0.29) is 17.8 Å². The summed E-state index contributed by atoms with van der Waals surface area (Å²) in [5.74, 6) is -0.728. The number of carbonyl (C=O) groups is 1. The monoisotopic (exact) mass is 229 g/mol. The number of nitro benzene ring substituents is 1. The molecule has 16 heavy (non-hydrogen) atoms. The van der Waals surface area contributed by atoms with E-state index in [2.05, 4.69) is 4.74 Å². The number of aliphatic hydroxyl groups is 1. The van der Waals surface area contributed by atoms with Crippen LogP contribution in [0, 0.1) is 10.1 Å². The Hall–Kier alpha value is -1.99. The smallest absolute Gasteiger partial charge is 0.332 e. The first-order valence-electron chi connectivity index (χ1n) is 4.13. The number of hydrogen-bond donors (Lipinski definition) is 1. The van der Waals surface area contributed by atoms with Crippen molar-refractivity contribution in [2.45, 2.75) is 6.61 Å². The van der Waals surface area contributed by atoms with Crippen LogP contribution in [0.1, 0.15) is 5.56 Å². The first kappa shape index (κ1) is 14.0. The average Bonchev–Trinajstić information content (AvgIpc) is 2.26. The lowest BCUT2D eigenvalue weighted by Gasteiger charge is -2.02. The molecule has 0 radical (unpaired) electrons. The topological polar surface area (TPSA) is 121 Å².